The summed E-state index contributed by atoms with van der Waals surface area (Å²) in [6, 6.07) is 6.10. The van der Waals surface area contributed by atoms with Gasteiger partial charge in [0.15, 0.2) is 0 Å². The molecule has 0 unspecified atom stereocenters. The summed E-state index contributed by atoms with van der Waals surface area (Å²) < 4.78 is 39.0. The summed E-state index contributed by atoms with van der Waals surface area (Å²) in [6.45, 7) is 5.34. The summed E-state index contributed by atoms with van der Waals surface area (Å²) in [5, 5.41) is 2.70. The van der Waals surface area contributed by atoms with E-state index in [9.17, 15) is 22.8 Å². The number of halogens is 3. The summed E-state index contributed by atoms with van der Waals surface area (Å²) in [4.78, 5) is 26.5. The molecule has 1 fully saturated rings. The minimum Gasteiger partial charge on any atom is -0.340 e. The molecule has 1 aliphatic rings. The van der Waals surface area contributed by atoms with E-state index in [0.29, 0.717) is 12.0 Å². The number of nitrogens with zero attached hydrogens (tertiary/aromatic N) is 1. The highest BCUT2D eigenvalue weighted by Gasteiger charge is 2.43. The Labute approximate surface area is 151 Å². The van der Waals surface area contributed by atoms with Gasteiger partial charge in [-0.2, -0.15) is 13.2 Å². The first-order valence-electron chi connectivity index (χ1n) is 8.82. The number of aryl methyl sites for hydroxylation is 1. The number of hydrogen-bond acceptors (Lipinski definition) is 2. The zero-order chi connectivity index (χ0) is 19.5. The molecule has 0 bridgehead atoms. The fourth-order valence-electron chi connectivity index (χ4n) is 3.17. The van der Waals surface area contributed by atoms with Crippen molar-refractivity contribution in [1.29, 1.82) is 0 Å². The van der Waals surface area contributed by atoms with E-state index in [1.807, 2.05) is 13.0 Å². The Kier molecular flexibility index (Phi) is 6.31. The van der Waals surface area contributed by atoms with Crippen molar-refractivity contribution >= 4 is 11.8 Å². The van der Waals surface area contributed by atoms with Crippen LogP contribution in [-0.2, 0) is 4.79 Å². The molecule has 26 heavy (non-hydrogen) atoms. The molecule has 1 N–H and O–H groups in total. The van der Waals surface area contributed by atoms with Gasteiger partial charge in [-0.1, -0.05) is 31.5 Å². The highest BCUT2D eigenvalue weighted by molar-refractivity contribution is 5.97. The van der Waals surface area contributed by atoms with Crippen LogP contribution >= 0.6 is 0 Å². The quantitative estimate of drug-likeness (QED) is 0.881. The standard InChI is InChI=1S/C19H25F3N2O2/c1-12(2)16(23-17(25)14-7-4-6-13(3)10-14)18(26)24-9-5-8-15(11-24)19(20,21)22/h4,6-7,10,12,15-16H,5,8-9,11H2,1-3H3,(H,23,25)/t15-,16-/m1/s1. The third-order valence-corrected chi connectivity index (χ3v) is 4.70. The van der Waals surface area contributed by atoms with Crippen molar-refractivity contribution < 1.29 is 22.8 Å². The molecule has 0 radical (unpaired) electrons. The van der Waals surface area contributed by atoms with Crippen LogP contribution in [0.25, 0.3) is 0 Å². The van der Waals surface area contributed by atoms with Crippen LogP contribution in [0.5, 0.6) is 0 Å². The molecular formula is C19H25F3N2O2. The van der Waals surface area contributed by atoms with E-state index in [4.69, 9.17) is 0 Å². The van der Waals surface area contributed by atoms with E-state index in [1.165, 1.54) is 4.90 Å². The molecule has 1 aliphatic heterocycles. The van der Waals surface area contributed by atoms with Gasteiger partial charge in [-0.05, 0) is 37.8 Å². The number of rotatable bonds is 4. The smallest absolute Gasteiger partial charge is 0.340 e. The van der Waals surface area contributed by atoms with Crippen molar-refractivity contribution in [3.05, 3.63) is 35.4 Å². The lowest BCUT2D eigenvalue weighted by Gasteiger charge is -2.36. The summed E-state index contributed by atoms with van der Waals surface area (Å²) >= 11 is 0. The van der Waals surface area contributed by atoms with Crippen LogP contribution in [0, 0.1) is 18.8 Å². The lowest BCUT2D eigenvalue weighted by Crippen LogP contribution is -2.54. The first-order chi connectivity index (χ1) is 12.1. The minimum atomic E-state index is -4.31. The molecule has 0 spiro atoms. The summed E-state index contributed by atoms with van der Waals surface area (Å²) in [6.07, 6.45) is -3.96. The molecule has 0 aliphatic carbocycles. The molecule has 144 valence electrons. The van der Waals surface area contributed by atoms with Gasteiger partial charge in [0.1, 0.15) is 6.04 Å². The van der Waals surface area contributed by atoms with E-state index in [0.717, 1.165) is 5.56 Å². The van der Waals surface area contributed by atoms with Gasteiger partial charge in [-0.15, -0.1) is 0 Å². The van der Waals surface area contributed by atoms with Gasteiger partial charge in [-0.25, -0.2) is 0 Å². The number of hydrogen-bond donors (Lipinski definition) is 1. The molecule has 1 heterocycles. The molecule has 0 aromatic heterocycles. The molecule has 0 saturated carbocycles. The normalized spacial score (nSPS) is 19.3. The first-order valence-corrected chi connectivity index (χ1v) is 8.82. The molecular weight excluding hydrogens is 345 g/mol. The number of amides is 2. The fraction of sp³-hybridized carbons (Fsp3) is 0.579. The van der Waals surface area contributed by atoms with Crippen LogP contribution in [0.3, 0.4) is 0 Å². The SMILES string of the molecule is Cc1cccc(C(=O)N[C@@H](C(=O)N2CCC[C@@H](C(F)(F)F)C2)C(C)C)c1. The second kappa shape index (κ2) is 8.10. The number of alkyl halides is 3. The van der Waals surface area contributed by atoms with E-state index in [1.54, 1.807) is 32.0 Å². The van der Waals surface area contributed by atoms with Crippen LogP contribution in [0.15, 0.2) is 24.3 Å². The number of benzene rings is 1. The van der Waals surface area contributed by atoms with E-state index >= 15 is 0 Å². The Hall–Kier alpha value is -2.05. The van der Waals surface area contributed by atoms with E-state index in [-0.39, 0.29) is 25.4 Å². The predicted octanol–water partition coefficient (Wildman–Crippen LogP) is 3.55. The maximum atomic E-state index is 13.0. The second-order valence-electron chi connectivity index (χ2n) is 7.23. The lowest BCUT2D eigenvalue weighted by molar-refractivity contribution is -0.188. The van der Waals surface area contributed by atoms with Crippen molar-refractivity contribution in [1.82, 2.24) is 10.2 Å². The molecule has 4 nitrogen and oxygen atoms in total. The van der Waals surface area contributed by atoms with Crippen molar-refractivity contribution in [2.45, 2.75) is 45.8 Å². The van der Waals surface area contributed by atoms with Crippen LogP contribution in [-0.4, -0.2) is 42.0 Å². The molecule has 1 saturated heterocycles. The Morgan fingerprint density at radius 1 is 1.27 bits per heavy atom. The largest absolute Gasteiger partial charge is 0.393 e. The number of nitrogens with one attached hydrogen (secondary N) is 1. The molecule has 2 atom stereocenters. The van der Waals surface area contributed by atoms with Gasteiger partial charge in [0.05, 0.1) is 5.92 Å². The molecule has 2 amide bonds. The van der Waals surface area contributed by atoms with Gasteiger partial charge >= 0.3 is 6.18 Å². The third kappa shape index (κ3) is 4.99. The topological polar surface area (TPSA) is 49.4 Å². The number of carbonyl (C=O) groups is 2. The summed E-state index contributed by atoms with van der Waals surface area (Å²) in [7, 11) is 0. The van der Waals surface area contributed by atoms with E-state index in [2.05, 4.69) is 5.32 Å². The monoisotopic (exact) mass is 370 g/mol. The Balaban J connectivity index is 2.11. The van der Waals surface area contributed by atoms with Crippen molar-refractivity contribution in [2.24, 2.45) is 11.8 Å². The zero-order valence-corrected chi connectivity index (χ0v) is 15.3. The first kappa shape index (κ1) is 20.3. The van der Waals surface area contributed by atoms with Gasteiger partial charge in [0.25, 0.3) is 5.91 Å². The summed E-state index contributed by atoms with van der Waals surface area (Å²) in [5.74, 6) is -2.58. The number of piperidine rings is 1. The van der Waals surface area contributed by atoms with Crippen molar-refractivity contribution in [2.75, 3.05) is 13.1 Å². The van der Waals surface area contributed by atoms with Gasteiger partial charge in [0.2, 0.25) is 5.91 Å². The fourth-order valence-corrected chi connectivity index (χ4v) is 3.17. The Bertz CT molecular complexity index is 658. The molecule has 1 aromatic carbocycles. The minimum absolute atomic E-state index is 0.0370. The maximum absolute atomic E-state index is 13.0. The number of carbonyl (C=O) groups excluding carboxylic acids is 2. The van der Waals surface area contributed by atoms with Crippen LogP contribution in [0.2, 0.25) is 0 Å². The molecule has 1 aromatic rings. The van der Waals surface area contributed by atoms with Crippen LogP contribution in [0.1, 0.15) is 42.6 Å². The second-order valence-corrected chi connectivity index (χ2v) is 7.23. The van der Waals surface area contributed by atoms with Gasteiger partial charge in [-0.3, -0.25) is 9.59 Å². The third-order valence-electron chi connectivity index (χ3n) is 4.70. The highest BCUT2D eigenvalue weighted by Crippen LogP contribution is 2.33. The lowest BCUT2D eigenvalue weighted by atomic mass is 9.95. The zero-order valence-electron chi connectivity index (χ0n) is 15.3. The van der Waals surface area contributed by atoms with E-state index < -0.39 is 30.0 Å². The van der Waals surface area contributed by atoms with Gasteiger partial charge < -0.3 is 10.2 Å². The maximum Gasteiger partial charge on any atom is 0.393 e. The van der Waals surface area contributed by atoms with Crippen LogP contribution < -0.4 is 5.32 Å². The molecule has 7 heteroatoms. The average molecular weight is 370 g/mol. The Morgan fingerprint density at radius 3 is 2.54 bits per heavy atom. The average Bonchev–Trinajstić information content (AvgIpc) is 2.58. The van der Waals surface area contributed by atoms with Crippen molar-refractivity contribution in [3.8, 4) is 0 Å². The Morgan fingerprint density at radius 2 is 1.96 bits per heavy atom. The van der Waals surface area contributed by atoms with Crippen LogP contribution in [0.4, 0.5) is 13.2 Å². The number of likely N-dealkylation sites (tertiary alicyclic amines) is 1. The van der Waals surface area contributed by atoms with Crippen molar-refractivity contribution in [3.63, 3.8) is 0 Å². The highest BCUT2D eigenvalue weighted by atomic mass is 19.4. The predicted molar refractivity (Wildman–Crippen MR) is 92.6 cm³/mol. The molecule has 2 rings (SSSR count). The van der Waals surface area contributed by atoms with Gasteiger partial charge in [0, 0.05) is 18.7 Å². The summed E-state index contributed by atoms with van der Waals surface area (Å²) in [5.41, 5.74) is 1.34.